The van der Waals surface area contributed by atoms with Gasteiger partial charge >= 0.3 is 24.3 Å². The lowest BCUT2D eigenvalue weighted by Crippen LogP contribution is -2.43. The largest absolute Gasteiger partial charge is 0.481 e. The number of halogens is 6. The van der Waals surface area contributed by atoms with E-state index in [9.17, 15) is 35.9 Å². The molecule has 10 heteroatoms. The molecule has 0 aromatic carbocycles. The Morgan fingerprint density at radius 2 is 1.21 bits per heavy atom. The Morgan fingerprint density at radius 3 is 1.37 bits per heavy atom. The van der Waals surface area contributed by atoms with Gasteiger partial charge in [0.1, 0.15) is 5.41 Å². The zero-order chi connectivity index (χ0) is 15.6. The third kappa shape index (κ3) is 4.79. The van der Waals surface area contributed by atoms with Crippen LogP contribution in [0.1, 0.15) is 12.8 Å². The molecule has 0 aliphatic carbocycles. The Morgan fingerprint density at radius 1 is 0.895 bits per heavy atom. The van der Waals surface area contributed by atoms with Gasteiger partial charge in [-0.1, -0.05) is 6.58 Å². The number of alkyl halides is 6. The van der Waals surface area contributed by atoms with Crippen molar-refractivity contribution >= 4 is 11.9 Å². The molecule has 0 atom stereocenters. The van der Waals surface area contributed by atoms with Crippen LogP contribution in [0.15, 0.2) is 12.2 Å². The van der Waals surface area contributed by atoms with Crippen molar-refractivity contribution in [2.45, 2.75) is 25.2 Å². The Bertz CT molecular complexity index is 378. The SMILES string of the molecule is C=C(C(=O)O)C(CC(F)(F)F)(CC(F)(F)F)C(=O)O. The van der Waals surface area contributed by atoms with Gasteiger partial charge in [-0.05, 0) is 0 Å². The van der Waals surface area contributed by atoms with Gasteiger partial charge in [0.05, 0.1) is 12.8 Å². The molecule has 0 rings (SSSR count). The van der Waals surface area contributed by atoms with Crippen molar-refractivity contribution in [2.75, 3.05) is 0 Å². The van der Waals surface area contributed by atoms with E-state index in [1.165, 1.54) is 0 Å². The molecule has 0 saturated carbocycles. The number of hydrogen-bond donors (Lipinski definition) is 2. The van der Waals surface area contributed by atoms with Crippen molar-refractivity contribution in [3.8, 4) is 0 Å². The second-order valence-corrected chi connectivity index (χ2v) is 3.75. The van der Waals surface area contributed by atoms with Crippen LogP contribution in [-0.2, 0) is 9.59 Å². The van der Waals surface area contributed by atoms with Gasteiger partial charge < -0.3 is 10.2 Å². The average molecular weight is 294 g/mol. The maximum atomic E-state index is 12.2. The summed E-state index contributed by atoms with van der Waals surface area (Å²) in [5.41, 5.74) is -5.35. The Hall–Kier alpha value is -1.74. The summed E-state index contributed by atoms with van der Waals surface area (Å²) in [6.45, 7) is 2.54. The van der Waals surface area contributed by atoms with Crippen LogP contribution in [0, 0.1) is 5.41 Å². The van der Waals surface area contributed by atoms with E-state index in [-0.39, 0.29) is 0 Å². The van der Waals surface area contributed by atoms with Crippen molar-refractivity contribution in [1.82, 2.24) is 0 Å². The first-order chi connectivity index (χ1) is 8.21. The van der Waals surface area contributed by atoms with Crippen molar-refractivity contribution in [2.24, 2.45) is 5.41 Å². The minimum Gasteiger partial charge on any atom is -0.481 e. The summed E-state index contributed by atoms with van der Waals surface area (Å²) in [6, 6.07) is 0. The van der Waals surface area contributed by atoms with E-state index >= 15 is 0 Å². The maximum absolute atomic E-state index is 12.2. The maximum Gasteiger partial charge on any atom is 0.390 e. The third-order valence-corrected chi connectivity index (χ3v) is 2.25. The zero-order valence-electron chi connectivity index (χ0n) is 9.10. The van der Waals surface area contributed by atoms with E-state index in [4.69, 9.17) is 10.2 Å². The van der Waals surface area contributed by atoms with E-state index < -0.39 is 48.1 Å². The van der Waals surface area contributed by atoms with Crippen molar-refractivity contribution in [3.63, 3.8) is 0 Å². The van der Waals surface area contributed by atoms with Crippen LogP contribution >= 0.6 is 0 Å². The molecule has 0 aromatic heterocycles. The fourth-order valence-corrected chi connectivity index (χ4v) is 1.45. The minimum atomic E-state index is -5.30. The summed E-state index contributed by atoms with van der Waals surface area (Å²) in [5, 5.41) is 17.1. The molecule has 0 bridgehead atoms. The van der Waals surface area contributed by atoms with Gasteiger partial charge in [0.25, 0.3) is 0 Å². The van der Waals surface area contributed by atoms with E-state index in [1.807, 2.05) is 0 Å². The quantitative estimate of drug-likeness (QED) is 0.603. The van der Waals surface area contributed by atoms with Crippen LogP contribution in [0.25, 0.3) is 0 Å². The topological polar surface area (TPSA) is 74.6 Å². The van der Waals surface area contributed by atoms with Crippen LogP contribution in [0.5, 0.6) is 0 Å². The highest BCUT2D eigenvalue weighted by Gasteiger charge is 2.57. The van der Waals surface area contributed by atoms with Crippen LogP contribution in [0.2, 0.25) is 0 Å². The summed E-state index contributed by atoms with van der Waals surface area (Å²) < 4.78 is 73.5. The number of rotatable bonds is 5. The van der Waals surface area contributed by atoms with E-state index in [2.05, 4.69) is 6.58 Å². The predicted octanol–water partition coefficient (Wildman–Crippen LogP) is 2.60. The second-order valence-electron chi connectivity index (χ2n) is 3.75. The molecule has 0 aliphatic heterocycles. The lowest BCUT2D eigenvalue weighted by molar-refractivity contribution is -0.201. The van der Waals surface area contributed by atoms with Gasteiger partial charge in [-0.25, -0.2) is 4.79 Å². The van der Waals surface area contributed by atoms with Gasteiger partial charge in [-0.15, -0.1) is 0 Å². The molecule has 4 nitrogen and oxygen atoms in total. The number of carboxylic acids is 2. The average Bonchev–Trinajstić information content (AvgIpc) is 2.10. The van der Waals surface area contributed by atoms with Crippen LogP contribution in [-0.4, -0.2) is 34.5 Å². The van der Waals surface area contributed by atoms with Gasteiger partial charge in [-0.3, -0.25) is 4.79 Å². The Labute approximate surface area is 102 Å². The molecule has 0 unspecified atom stereocenters. The van der Waals surface area contributed by atoms with Gasteiger partial charge in [0.2, 0.25) is 0 Å². The van der Waals surface area contributed by atoms with E-state index in [1.54, 1.807) is 0 Å². The summed E-state index contributed by atoms with van der Waals surface area (Å²) in [5.74, 6) is -4.79. The first-order valence-corrected chi connectivity index (χ1v) is 4.51. The molecule has 2 N–H and O–H groups in total. The molecule has 19 heavy (non-hydrogen) atoms. The fourth-order valence-electron chi connectivity index (χ4n) is 1.45. The van der Waals surface area contributed by atoms with E-state index in [0.717, 1.165) is 0 Å². The van der Waals surface area contributed by atoms with Gasteiger partial charge in [-0.2, -0.15) is 26.3 Å². The summed E-state index contributed by atoms with van der Waals surface area (Å²) >= 11 is 0. The van der Waals surface area contributed by atoms with E-state index in [0.29, 0.717) is 0 Å². The Balaban J connectivity index is 5.83. The normalized spacial score (nSPS) is 13.2. The first kappa shape index (κ1) is 17.3. The second kappa shape index (κ2) is 5.10. The van der Waals surface area contributed by atoms with Crippen LogP contribution in [0.3, 0.4) is 0 Å². The van der Waals surface area contributed by atoms with Gasteiger partial charge in [0.15, 0.2) is 0 Å². The molecule has 0 saturated heterocycles. The minimum absolute atomic E-state index is 1.67. The standard InChI is InChI=1S/C9H8F6O4/c1-4(5(16)17)7(6(18)19,2-8(10,11)12)3-9(13,14)15/h1-3H2,(H,16,17)(H,18,19). The molecular formula is C9H8F6O4. The molecule has 0 heterocycles. The third-order valence-electron chi connectivity index (χ3n) is 2.25. The van der Waals surface area contributed by atoms with Crippen molar-refractivity contribution in [3.05, 3.63) is 12.2 Å². The number of hydrogen-bond acceptors (Lipinski definition) is 2. The highest BCUT2D eigenvalue weighted by Crippen LogP contribution is 2.46. The molecule has 0 aliphatic rings. The molecule has 0 fully saturated rings. The van der Waals surface area contributed by atoms with Crippen molar-refractivity contribution in [1.29, 1.82) is 0 Å². The fraction of sp³-hybridized carbons (Fsp3) is 0.556. The monoisotopic (exact) mass is 294 g/mol. The summed E-state index contributed by atoms with van der Waals surface area (Å²) in [4.78, 5) is 21.3. The first-order valence-electron chi connectivity index (χ1n) is 4.51. The molecule has 0 radical (unpaired) electrons. The van der Waals surface area contributed by atoms with Crippen LogP contribution < -0.4 is 0 Å². The summed E-state index contributed by atoms with van der Waals surface area (Å²) in [6.07, 6.45) is -15.6. The van der Waals surface area contributed by atoms with Gasteiger partial charge in [0, 0.05) is 5.57 Å². The Kier molecular flexibility index (Phi) is 4.63. The molecule has 0 spiro atoms. The smallest absolute Gasteiger partial charge is 0.390 e. The molecular weight excluding hydrogens is 286 g/mol. The summed E-state index contributed by atoms with van der Waals surface area (Å²) in [7, 11) is 0. The highest BCUT2D eigenvalue weighted by molar-refractivity contribution is 5.96. The van der Waals surface area contributed by atoms with Crippen LogP contribution in [0.4, 0.5) is 26.3 Å². The number of aliphatic carboxylic acids is 2. The zero-order valence-corrected chi connectivity index (χ0v) is 9.10. The lowest BCUT2D eigenvalue weighted by Gasteiger charge is -2.31. The number of carbonyl (C=O) groups is 2. The molecule has 0 aromatic rings. The highest BCUT2D eigenvalue weighted by atomic mass is 19.4. The predicted molar refractivity (Wildman–Crippen MR) is 48.2 cm³/mol. The van der Waals surface area contributed by atoms with Crippen molar-refractivity contribution < 1.29 is 46.1 Å². The molecule has 0 amide bonds. The molecule has 110 valence electrons. The number of carboxylic acid groups (broad SMARTS) is 2. The lowest BCUT2D eigenvalue weighted by atomic mass is 9.74.